The maximum absolute atomic E-state index is 12.9. The van der Waals surface area contributed by atoms with Gasteiger partial charge in [0, 0.05) is 18.9 Å². The zero-order valence-electron chi connectivity index (χ0n) is 8.01. The van der Waals surface area contributed by atoms with Crippen LogP contribution in [-0.2, 0) is 10.4 Å². The van der Waals surface area contributed by atoms with E-state index in [1.54, 1.807) is 24.5 Å². The van der Waals surface area contributed by atoms with Crippen LogP contribution in [0.1, 0.15) is 24.4 Å². The van der Waals surface area contributed by atoms with Gasteiger partial charge in [-0.2, -0.15) is 12.7 Å². The van der Waals surface area contributed by atoms with Gasteiger partial charge in [-0.05, 0) is 24.5 Å². The van der Waals surface area contributed by atoms with Gasteiger partial charge in [0.15, 0.2) is 0 Å². The van der Waals surface area contributed by atoms with E-state index in [0.717, 1.165) is 9.87 Å². The molecule has 0 spiro atoms. The fraction of sp³-hybridized carbons (Fsp3) is 0.444. The van der Waals surface area contributed by atoms with Gasteiger partial charge >= 0.3 is 10.4 Å². The van der Waals surface area contributed by atoms with Crippen molar-refractivity contribution in [1.82, 2.24) is 9.29 Å². The first-order valence-electron chi connectivity index (χ1n) is 4.70. The predicted octanol–water partition coefficient (Wildman–Crippen LogP) is 1.43. The van der Waals surface area contributed by atoms with E-state index in [1.807, 2.05) is 0 Å². The number of aromatic nitrogens is 1. The van der Waals surface area contributed by atoms with Crippen LogP contribution >= 0.6 is 0 Å². The third-order valence-corrected chi connectivity index (χ3v) is 3.55. The summed E-state index contributed by atoms with van der Waals surface area (Å²) < 4.78 is 35.5. The van der Waals surface area contributed by atoms with Crippen LogP contribution in [-0.4, -0.2) is 24.3 Å². The molecule has 1 aliphatic heterocycles. The SMILES string of the molecule is O=S(=O)(F)N1CCCC1c1cccnc1. The van der Waals surface area contributed by atoms with E-state index < -0.39 is 16.5 Å². The second kappa shape index (κ2) is 3.86. The topological polar surface area (TPSA) is 50.3 Å². The fourth-order valence-corrected chi connectivity index (χ4v) is 2.79. The summed E-state index contributed by atoms with van der Waals surface area (Å²) in [5.74, 6) is 0. The molecule has 82 valence electrons. The lowest BCUT2D eigenvalue weighted by Crippen LogP contribution is -2.27. The van der Waals surface area contributed by atoms with Crippen molar-refractivity contribution in [3.63, 3.8) is 0 Å². The second-order valence-corrected chi connectivity index (χ2v) is 4.79. The summed E-state index contributed by atoms with van der Waals surface area (Å²) in [4.78, 5) is 3.90. The Morgan fingerprint density at radius 3 is 2.93 bits per heavy atom. The van der Waals surface area contributed by atoms with Gasteiger partial charge in [-0.3, -0.25) is 4.98 Å². The highest BCUT2D eigenvalue weighted by Gasteiger charge is 2.35. The van der Waals surface area contributed by atoms with E-state index in [4.69, 9.17) is 0 Å². The fourth-order valence-electron chi connectivity index (χ4n) is 1.91. The first-order chi connectivity index (χ1) is 7.09. The molecule has 15 heavy (non-hydrogen) atoms. The van der Waals surface area contributed by atoms with Crippen molar-refractivity contribution in [3.05, 3.63) is 30.1 Å². The number of nitrogens with zero attached hydrogens (tertiary/aromatic N) is 2. The van der Waals surface area contributed by atoms with Gasteiger partial charge in [-0.15, -0.1) is 0 Å². The number of hydrogen-bond acceptors (Lipinski definition) is 3. The highest BCUT2D eigenvalue weighted by Crippen LogP contribution is 2.33. The standard InChI is InChI=1S/C9H11FN2O2S/c10-15(13,14)12-6-2-4-9(12)8-3-1-5-11-7-8/h1,3,5,7,9H,2,4,6H2. The van der Waals surface area contributed by atoms with Crippen molar-refractivity contribution in [2.75, 3.05) is 6.54 Å². The number of rotatable bonds is 2. The minimum atomic E-state index is -4.59. The summed E-state index contributed by atoms with van der Waals surface area (Å²) >= 11 is 0. The zero-order chi connectivity index (χ0) is 10.9. The molecule has 6 heteroatoms. The Morgan fingerprint density at radius 1 is 1.53 bits per heavy atom. The molecule has 1 aliphatic rings. The zero-order valence-corrected chi connectivity index (χ0v) is 8.82. The Bertz CT molecular complexity index is 435. The number of halogens is 1. The molecule has 0 aromatic carbocycles. The average Bonchev–Trinajstić information content (AvgIpc) is 2.67. The van der Waals surface area contributed by atoms with Gasteiger partial charge in [-0.1, -0.05) is 9.95 Å². The molecule has 4 nitrogen and oxygen atoms in total. The van der Waals surface area contributed by atoms with Crippen LogP contribution in [0.3, 0.4) is 0 Å². The first kappa shape index (κ1) is 10.5. The maximum atomic E-state index is 12.9. The Hall–Kier alpha value is -1.01. The van der Waals surface area contributed by atoms with Crippen molar-refractivity contribution >= 4 is 10.4 Å². The minimum Gasteiger partial charge on any atom is -0.264 e. The molecule has 0 saturated carbocycles. The predicted molar refractivity (Wildman–Crippen MR) is 52.9 cm³/mol. The summed E-state index contributed by atoms with van der Waals surface area (Å²) in [6.07, 6.45) is 4.51. The molecular weight excluding hydrogens is 219 g/mol. The molecule has 1 saturated heterocycles. The van der Waals surface area contributed by atoms with Crippen LogP contribution in [0.5, 0.6) is 0 Å². The molecule has 0 bridgehead atoms. The lowest BCUT2D eigenvalue weighted by Gasteiger charge is -2.19. The Morgan fingerprint density at radius 2 is 2.33 bits per heavy atom. The van der Waals surface area contributed by atoms with Gasteiger partial charge in [0.1, 0.15) is 0 Å². The molecule has 2 rings (SSSR count). The minimum absolute atomic E-state index is 0.248. The van der Waals surface area contributed by atoms with Crippen molar-refractivity contribution in [3.8, 4) is 0 Å². The van der Waals surface area contributed by atoms with Gasteiger partial charge < -0.3 is 0 Å². The summed E-state index contributed by atoms with van der Waals surface area (Å²) in [7, 11) is -4.59. The Labute approximate surface area is 88.1 Å². The molecule has 0 aliphatic carbocycles. The third kappa shape index (κ3) is 2.15. The monoisotopic (exact) mass is 230 g/mol. The van der Waals surface area contributed by atoms with Crippen LogP contribution in [0, 0.1) is 0 Å². The van der Waals surface area contributed by atoms with Crippen molar-refractivity contribution in [2.24, 2.45) is 0 Å². The van der Waals surface area contributed by atoms with Gasteiger partial charge in [-0.25, -0.2) is 0 Å². The molecular formula is C9H11FN2O2S. The van der Waals surface area contributed by atoms with E-state index >= 15 is 0 Å². The van der Waals surface area contributed by atoms with Crippen LogP contribution in [0.2, 0.25) is 0 Å². The van der Waals surface area contributed by atoms with Gasteiger partial charge in [0.05, 0.1) is 6.04 Å². The van der Waals surface area contributed by atoms with Crippen molar-refractivity contribution < 1.29 is 12.3 Å². The third-order valence-electron chi connectivity index (χ3n) is 2.55. The summed E-state index contributed by atoms with van der Waals surface area (Å²) in [6, 6.07) is 3.09. The van der Waals surface area contributed by atoms with E-state index in [0.29, 0.717) is 12.8 Å². The van der Waals surface area contributed by atoms with E-state index in [1.165, 1.54) is 0 Å². The normalized spacial score (nSPS) is 23.1. The van der Waals surface area contributed by atoms with Crippen LogP contribution in [0.25, 0.3) is 0 Å². The van der Waals surface area contributed by atoms with E-state index in [9.17, 15) is 12.3 Å². The molecule has 1 aromatic heterocycles. The quantitative estimate of drug-likeness (QED) is 0.722. The van der Waals surface area contributed by atoms with E-state index in [2.05, 4.69) is 4.98 Å². The molecule has 2 heterocycles. The highest BCUT2D eigenvalue weighted by atomic mass is 32.3. The summed E-state index contributed by atoms with van der Waals surface area (Å²) in [5, 5.41) is 0. The lowest BCUT2D eigenvalue weighted by molar-refractivity contribution is 0.370. The Balaban J connectivity index is 2.30. The molecule has 1 aromatic rings. The first-order valence-corrected chi connectivity index (χ1v) is 6.04. The molecule has 1 fully saturated rings. The lowest BCUT2D eigenvalue weighted by atomic mass is 10.1. The van der Waals surface area contributed by atoms with Crippen molar-refractivity contribution in [2.45, 2.75) is 18.9 Å². The van der Waals surface area contributed by atoms with Gasteiger partial charge in [0.25, 0.3) is 0 Å². The molecule has 0 N–H and O–H groups in total. The van der Waals surface area contributed by atoms with Crippen LogP contribution in [0.4, 0.5) is 3.89 Å². The van der Waals surface area contributed by atoms with Crippen LogP contribution in [0.15, 0.2) is 24.5 Å². The second-order valence-electron chi connectivity index (χ2n) is 3.50. The molecule has 1 unspecified atom stereocenters. The molecule has 1 atom stereocenters. The largest absolute Gasteiger partial charge is 0.375 e. The van der Waals surface area contributed by atoms with Crippen LogP contribution < -0.4 is 0 Å². The smallest absolute Gasteiger partial charge is 0.264 e. The average molecular weight is 230 g/mol. The highest BCUT2D eigenvalue weighted by molar-refractivity contribution is 7.84. The Kier molecular flexibility index (Phi) is 2.70. The van der Waals surface area contributed by atoms with E-state index in [-0.39, 0.29) is 6.54 Å². The molecule has 0 radical (unpaired) electrons. The summed E-state index contributed by atoms with van der Waals surface area (Å²) in [6.45, 7) is 0.248. The number of pyridine rings is 1. The summed E-state index contributed by atoms with van der Waals surface area (Å²) in [5.41, 5.74) is 0.747. The maximum Gasteiger partial charge on any atom is 0.375 e. The molecule has 0 amide bonds. The van der Waals surface area contributed by atoms with Crippen molar-refractivity contribution in [1.29, 1.82) is 0 Å². The number of hydrogen-bond donors (Lipinski definition) is 0. The van der Waals surface area contributed by atoms with Gasteiger partial charge in [0.2, 0.25) is 0 Å².